The molecule has 5 heteroatoms. The highest BCUT2D eigenvalue weighted by molar-refractivity contribution is 6.46. The quantitative estimate of drug-likeness (QED) is 0.518. The number of halogens is 1. The highest BCUT2D eigenvalue weighted by Crippen LogP contribution is 2.35. The summed E-state index contributed by atoms with van der Waals surface area (Å²) >= 11 is 6.18. The molecule has 0 unspecified atom stereocenters. The molecule has 4 rings (SSSR count). The van der Waals surface area contributed by atoms with E-state index in [0.29, 0.717) is 27.5 Å². The first kappa shape index (κ1) is 20.9. The lowest BCUT2D eigenvalue weighted by molar-refractivity contribution is -0.120. The zero-order valence-corrected chi connectivity index (χ0v) is 18.7. The summed E-state index contributed by atoms with van der Waals surface area (Å²) in [4.78, 5) is 28.2. The number of hydrogen-bond donors (Lipinski definition) is 1. The Morgan fingerprint density at radius 2 is 1.42 bits per heavy atom. The molecule has 1 heterocycles. The summed E-state index contributed by atoms with van der Waals surface area (Å²) in [6, 6.07) is 18.6. The van der Waals surface area contributed by atoms with Crippen LogP contribution in [-0.2, 0) is 9.59 Å². The van der Waals surface area contributed by atoms with Gasteiger partial charge in [0.1, 0.15) is 5.70 Å². The monoisotopic (exact) mass is 430 g/mol. The first-order valence-corrected chi connectivity index (χ1v) is 10.4. The summed E-state index contributed by atoms with van der Waals surface area (Å²) < 4.78 is 0. The van der Waals surface area contributed by atoms with E-state index in [1.165, 1.54) is 4.90 Å². The van der Waals surface area contributed by atoms with E-state index in [1.807, 2.05) is 64.1 Å². The van der Waals surface area contributed by atoms with Crippen LogP contribution in [0.1, 0.15) is 27.8 Å². The molecule has 0 radical (unpaired) electrons. The Labute approximate surface area is 187 Å². The predicted octanol–water partition coefficient (Wildman–Crippen LogP) is 5.97. The van der Waals surface area contributed by atoms with Crippen molar-refractivity contribution in [3.8, 4) is 0 Å². The summed E-state index contributed by atoms with van der Waals surface area (Å²) in [5.41, 5.74) is 6.69. The van der Waals surface area contributed by atoms with Crippen molar-refractivity contribution in [2.75, 3.05) is 10.2 Å². The number of hydrogen-bond acceptors (Lipinski definition) is 3. The Morgan fingerprint density at radius 3 is 2.10 bits per heavy atom. The summed E-state index contributed by atoms with van der Waals surface area (Å²) in [5, 5.41) is 3.76. The maximum atomic E-state index is 13.5. The Bertz CT molecular complexity index is 1240. The Balaban J connectivity index is 1.87. The van der Waals surface area contributed by atoms with Crippen LogP contribution < -0.4 is 10.2 Å². The van der Waals surface area contributed by atoms with E-state index in [4.69, 9.17) is 11.6 Å². The first-order chi connectivity index (χ1) is 14.8. The number of rotatable bonds is 4. The van der Waals surface area contributed by atoms with Crippen LogP contribution in [0, 0.1) is 27.7 Å². The third kappa shape index (κ3) is 3.87. The molecule has 0 fully saturated rings. The lowest BCUT2D eigenvalue weighted by Gasteiger charge is -2.16. The van der Waals surface area contributed by atoms with Gasteiger partial charge in [-0.3, -0.25) is 9.59 Å². The van der Waals surface area contributed by atoms with Crippen LogP contribution in [0.4, 0.5) is 11.4 Å². The van der Waals surface area contributed by atoms with Gasteiger partial charge >= 0.3 is 0 Å². The van der Waals surface area contributed by atoms with Gasteiger partial charge in [-0.15, -0.1) is 0 Å². The molecular formula is C26H23ClN2O2. The molecule has 0 aliphatic carbocycles. The Kier molecular flexibility index (Phi) is 5.42. The van der Waals surface area contributed by atoms with E-state index >= 15 is 0 Å². The largest absolute Gasteiger partial charge is 0.350 e. The van der Waals surface area contributed by atoms with Gasteiger partial charge in [0.05, 0.1) is 11.3 Å². The molecule has 0 bridgehead atoms. The van der Waals surface area contributed by atoms with Gasteiger partial charge in [-0.1, -0.05) is 53.6 Å². The van der Waals surface area contributed by atoms with Gasteiger partial charge in [0.15, 0.2) is 0 Å². The van der Waals surface area contributed by atoms with Crippen LogP contribution in [0.15, 0.2) is 66.4 Å². The van der Waals surface area contributed by atoms with Crippen LogP contribution in [-0.4, -0.2) is 11.8 Å². The van der Waals surface area contributed by atoms with Crippen LogP contribution in [0.25, 0.3) is 5.57 Å². The van der Waals surface area contributed by atoms with E-state index in [2.05, 4.69) is 5.32 Å². The summed E-state index contributed by atoms with van der Waals surface area (Å²) in [5.74, 6) is -0.735. The number of carbonyl (C=O) groups excluding carboxylic acids is 2. The third-order valence-electron chi connectivity index (χ3n) is 5.63. The van der Waals surface area contributed by atoms with Crippen molar-refractivity contribution in [1.82, 2.24) is 0 Å². The summed E-state index contributed by atoms with van der Waals surface area (Å²) in [6.45, 7) is 7.90. The number of aryl methyl sites for hydroxylation is 4. The molecule has 31 heavy (non-hydrogen) atoms. The minimum absolute atomic E-state index is 0.249. The molecule has 156 valence electrons. The van der Waals surface area contributed by atoms with Crippen molar-refractivity contribution >= 4 is 40.4 Å². The predicted molar refractivity (Wildman–Crippen MR) is 126 cm³/mol. The molecule has 0 aromatic heterocycles. The van der Waals surface area contributed by atoms with Crippen LogP contribution in [0.5, 0.6) is 0 Å². The van der Waals surface area contributed by atoms with Crippen LogP contribution >= 0.6 is 11.6 Å². The second-order valence-electron chi connectivity index (χ2n) is 7.91. The maximum absolute atomic E-state index is 13.5. The van der Waals surface area contributed by atoms with Crippen molar-refractivity contribution in [2.45, 2.75) is 27.7 Å². The fourth-order valence-electron chi connectivity index (χ4n) is 3.60. The van der Waals surface area contributed by atoms with Gasteiger partial charge in [0, 0.05) is 10.7 Å². The van der Waals surface area contributed by atoms with Gasteiger partial charge in [-0.25, -0.2) is 4.90 Å². The van der Waals surface area contributed by atoms with E-state index < -0.39 is 0 Å². The highest BCUT2D eigenvalue weighted by atomic mass is 35.5. The molecule has 1 N–H and O–H groups in total. The lowest BCUT2D eigenvalue weighted by atomic mass is 9.99. The molecule has 3 aromatic rings. The molecule has 0 spiro atoms. The molecule has 2 amide bonds. The van der Waals surface area contributed by atoms with E-state index in [-0.39, 0.29) is 17.5 Å². The van der Waals surface area contributed by atoms with Crippen molar-refractivity contribution in [1.29, 1.82) is 0 Å². The molecule has 0 saturated carbocycles. The van der Waals surface area contributed by atoms with E-state index in [1.54, 1.807) is 24.3 Å². The minimum Gasteiger partial charge on any atom is -0.350 e. The second kappa shape index (κ2) is 8.05. The van der Waals surface area contributed by atoms with E-state index in [9.17, 15) is 9.59 Å². The van der Waals surface area contributed by atoms with Crippen molar-refractivity contribution in [3.05, 3.63) is 99.2 Å². The second-order valence-corrected chi connectivity index (χ2v) is 8.35. The number of nitrogens with zero attached hydrogens (tertiary/aromatic N) is 1. The van der Waals surface area contributed by atoms with Gasteiger partial charge in [-0.2, -0.15) is 0 Å². The average molecular weight is 431 g/mol. The van der Waals surface area contributed by atoms with Crippen LogP contribution in [0.3, 0.4) is 0 Å². The maximum Gasteiger partial charge on any atom is 0.282 e. The van der Waals surface area contributed by atoms with Gasteiger partial charge in [-0.05, 0) is 74.2 Å². The Morgan fingerprint density at radius 1 is 0.742 bits per heavy atom. The van der Waals surface area contributed by atoms with Crippen molar-refractivity contribution < 1.29 is 9.59 Å². The molecule has 4 nitrogen and oxygen atoms in total. The highest BCUT2D eigenvalue weighted by Gasteiger charge is 2.40. The minimum atomic E-state index is -0.388. The standard InChI is InChI=1S/C26H23ClN2O2/c1-15-5-11-21(12-6-15)29-25(30)23(19-9-7-16(2)18(4)13-19)24(26(29)31)28-22-14-20(27)10-8-17(22)3/h5-14,28H,1-4H3. The smallest absolute Gasteiger partial charge is 0.282 e. The van der Waals surface area contributed by atoms with Gasteiger partial charge in [0.2, 0.25) is 0 Å². The fraction of sp³-hybridized carbons (Fsp3) is 0.154. The average Bonchev–Trinajstić information content (AvgIpc) is 2.97. The number of anilines is 2. The van der Waals surface area contributed by atoms with Crippen molar-refractivity contribution in [3.63, 3.8) is 0 Å². The first-order valence-electron chi connectivity index (χ1n) is 10.1. The SMILES string of the molecule is Cc1ccc(N2C(=O)C(Nc3cc(Cl)ccc3C)=C(c3ccc(C)c(C)c3)C2=O)cc1. The molecule has 0 atom stereocenters. The van der Waals surface area contributed by atoms with Gasteiger partial charge in [0.25, 0.3) is 11.8 Å². The lowest BCUT2D eigenvalue weighted by Crippen LogP contribution is -2.32. The number of benzene rings is 3. The number of imide groups is 1. The fourth-order valence-corrected chi connectivity index (χ4v) is 3.77. The molecule has 1 aliphatic heterocycles. The third-order valence-corrected chi connectivity index (χ3v) is 5.87. The summed E-state index contributed by atoms with van der Waals surface area (Å²) in [7, 11) is 0. The van der Waals surface area contributed by atoms with E-state index in [0.717, 1.165) is 22.3 Å². The molecule has 3 aromatic carbocycles. The van der Waals surface area contributed by atoms with Crippen molar-refractivity contribution in [2.24, 2.45) is 0 Å². The normalized spacial score (nSPS) is 13.9. The molecule has 0 saturated heterocycles. The topological polar surface area (TPSA) is 49.4 Å². The summed E-state index contributed by atoms with van der Waals surface area (Å²) in [6.07, 6.45) is 0. The number of carbonyl (C=O) groups is 2. The zero-order chi connectivity index (χ0) is 22.3. The van der Waals surface area contributed by atoms with Gasteiger partial charge < -0.3 is 5.32 Å². The van der Waals surface area contributed by atoms with Crippen LogP contribution in [0.2, 0.25) is 5.02 Å². The number of nitrogens with one attached hydrogen (secondary N) is 1. The molecule has 1 aliphatic rings. The zero-order valence-electron chi connectivity index (χ0n) is 17.9. The number of amides is 2. The molecular weight excluding hydrogens is 408 g/mol. The Hall–Kier alpha value is -3.37.